The maximum Gasteiger partial charge on any atom is 0.254 e. The van der Waals surface area contributed by atoms with Gasteiger partial charge in [-0.25, -0.2) is 8.42 Å². The molecule has 6 nitrogen and oxygen atoms in total. The molecule has 2 aromatic rings. The topological polar surface area (TPSA) is 60.9 Å². The summed E-state index contributed by atoms with van der Waals surface area (Å²) in [7, 11) is -1.61. The fraction of sp³-hybridized carbons (Fsp3) is 0.409. The van der Waals surface area contributed by atoms with Crippen LogP contribution in [-0.4, -0.2) is 67.7 Å². The molecule has 2 aromatic carbocycles. The molecule has 1 aliphatic heterocycles. The van der Waals surface area contributed by atoms with Crippen LogP contribution in [0.15, 0.2) is 59.5 Å². The lowest BCUT2D eigenvalue weighted by Gasteiger charge is -2.31. The molecule has 7 heteroatoms. The minimum Gasteiger partial charge on any atom is -0.331 e. The highest BCUT2D eigenvalue weighted by Gasteiger charge is 2.34. The molecule has 1 saturated heterocycles. The molecule has 1 aliphatic carbocycles. The van der Waals surface area contributed by atoms with Gasteiger partial charge in [-0.15, -0.1) is 0 Å². The van der Waals surface area contributed by atoms with Crippen molar-refractivity contribution in [2.24, 2.45) is 0 Å². The molecule has 154 valence electrons. The van der Waals surface area contributed by atoms with Gasteiger partial charge in [-0.1, -0.05) is 36.4 Å². The number of sulfonamides is 1. The second kappa shape index (κ2) is 8.26. The predicted molar refractivity (Wildman–Crippen MR) is 112 cm³/mol. The van der Waals surface area contributed by atoms with Crippen LogP contribution in [0.5, 0.6) is 0 Å². The van der Waals surface area contributed by atoms with E-state index in [1.54, 1.807) is 18.2 Å². The Hall–Kier alpha value is -2.22. The smallest absolute Gasteiger partial charge is 0.254 e. The van der Waals surface area contributed by atoms with E-state index < -0.39 is 10.0 Å². The molecule has 0 aromatic heterocycles. The summed E-state index contributed by atoms with van der Waals surface area (Å²) in [6.07, 6.45) is 2.00. The molecule has 29 heavy (non-hydrogen) atoms. The third-order valence-electron chi connectivity index (χ3n) is 5.63. The number of hydrogen-bond acceptors (Lipinski definition) is 4. The van der Waals surface area contributed by atoms with Crippen molar-refractivity contribution in [3.05, 3.63) is 65.7 Å². The zero-order chi connectivity index (χ0) is 20.4. The van der Waals surface area contributed by atoms with E-state index in [1.807, 2.05) is 42.3 Å². The highest BCUT2D eigenvalue weighted by atomic mass is 32.2. The quantitative estimate of drug-likeness (QED) is 0.730. The van der Waals surface area contributed by atoms with Gasteiger partial charge in [0.25, 0.3) is 5.91 Å². The van der Waals surface area contributed by atoms with Gasteiger partial charge in [0.2, 0.25) is 10.0 Å². The highest BCUT2D eigenvalue weighted by Crippen LogP contribution is 2.30. The number of rotatable bonds is 6. The maximum atomic E-state index is 13.2. The highest BCUT2D eigenvalue weighted by molar-refractivity contribution is 7.89. The van der Waals surface area contributed by atoms with Crippen LogP contribution in [0.25, 0.3) is 0 Å². The Bertz CT molecular complexity index is 966. The van der Waals surface area contributed by atoms with Crippen LogP contribution in [-0.2, 0) is 16.6 Å². The average Bonchev–Trinajstić information content (AvgIpc) is 3.58. The fourth-order valence-electron chi connectivity index (χ4n) is 3.67. The van der Waals surface area contributed by atoms with Gasteiger partial charge in [0, 0.05) is 44.3 Å². The summed E-state index contributed by atoms with van der Waals surface area (Å²) in [4.78, 5) is 17.4. The monoisotopic (exact) mass is 413 g/mol. The van der Waals surface area contributed by atoms with Gasteiger partial charge in [0.1, 0.15) is 0 Å². The maximum absolute atomic E-state index is 13.2. The second-order valence-corrected chi connectivity index (χ2v) is 9.82. The van der Waals surface area contributed by atoms with E-state index in [0.717, 1.165) is 18.4 Å². The van der Waals surface area contributed by atoms with Gasteiger partial charge < -0.3 is 9.80 Å². The average molecular weight is 414 g/mol. The predicted octanol–water partition coefficient (Wildman–Crippen LogP) is 2.43. The van der Waals surface area contributed by atoms with Crippen molar-refractivity contribution in [1.82, 2.24) is 14.1 Å². The number of amides is 1. The normalized spacial score (nSPS) is 18.5. The molecule has 0 unspecified atom stereocenters. The lowest BCUT2D eigenvalue weighted by atomic mass is 10.1. The molecule has 0 atom stereocenters. The molecule has 2 aliphatic rings. The summed E-state index contributed by atoms with van der Waals surface area (Å²) in [5.74, 6) is -0.105. The first-order valence-electron chi connectivity index (χ1n) is 10.1. The first-order chi connectivity index (χ1) is 13.9. The molecule has 4 rings (SSSR count). The fourth-order valence-corrected chi connectivity index (χ4v) is 5.13. The first-order valence-corrected chi connectivity index (χ1v) is 11.5. The second-order valence-electron chi connectivity index (χ2n) is 7.89. The van der Waals surface area contributed by atoms with Crippen LogP contribution in [0.2, 0.25) is 0 Å². The van der Waals surface area contributed by atoms with Gasteiger partial charge in [-0.05, 0) is 43.7 Å². The molecule has 0 spiro atoms. The number of hydrogen-bond donors (Lipinski definition) is 0. The number of carbonyl (C=O) groups excluding carboxylic acids is 1. The summed E-state index contributed by atoms with van der Waals surface area (Å²) in [5, 5.41) is 0. The van der Waals surface area contributed by atoms with E-state index in [2.05, 4.69) is 4.90 Å². The van der Waals surface area contributed by atoms with Crippen molar-refractivity contribution in [3.8, 4) is 0 Å². The number of piperazine rings is 1. The van der Waals surface area contributed by atoms with Crippen molar-refractivity contribution in [1.29, 1.82) is 0 Å². The molecule has 1 heterocycles. The van der Waals surface area contributed by atoms with Gasteiger partial charge in [-0.3, -0.25) is 4.79 Å². The SMILES string of the molecule is CN1CCN(S(=O)(=O)c2cccc(C(=O)N(Cc3ccccc3)C3CC3)c2)CC1. The van der Waals surface area contributed by atoms with E-state index >= 15 is 0 Å². The van der Waals surface area contributed by atoms with Gasteiger partial charge in [0.15, 0.2) is 0 Å². The summed E-state index contributed by atoms with van der Waals surface area (Å²) >= 11 is 0. The Labute approximate surface area is 172 Å². The van der Waals surface area contributed by atoms with Crippen LogP contribution >= 0.6 is 0 Å². The Balaban J connectivity index is 1.56. The summed E-state index contributed by atoms with van der Waals surface area (Å²) in [6, 6.07) is 16.7. The van der Waals surface area contributed by atoms with E-state index in [-0.39, 0.29) is 16.8 Å². The molecule has 1 amide bonds. The molecular weight excluding hydrogens is 386 g/mol. The summed E-state index contributed by atoms with van der Waals surface area (Å²) in [5.41, 5.74) is 1.51. The summed E-state index contributed by atoms with van der Waals surface area (Å²) in [6.45, 7) is 2.91. The van der Waals surface area contributed by atoms with Gasteiger partial charge in [-0.2, -0.15) is 4.31 Å². The minimum absolute atomic E-state index is 0.105. The molecule has 0 radical (unpaired) electrons. The largest absolute Gasteiger partial charge is 0.331 e. The van der Waals surface area contributed by atoms with E-state index in [1.165, 1.54) is 10.4 Å². The number of likely N-dealkylation sites (N-methyl/N-ethyl adjacent to an activating group) is 1. The van der Waals surface area contributed by atoms with Gasteiger partial charge in [0.05, 0.1) is 4.90 Å². The zero-order valence-electron chi connectivity index (χ0n) is 16.7. The van der Waals surface area contributed by atoms with Crippen LogP contribution in [0.3, 0.4) is 0 Å². The van der Waals surface area contributed by atoms with Crippen LogP contribution in [0.4, 0.5) is 0 Å². The van der Waals surface area contributed by atoms with Crippen molar-refractivity contribution in [2.45, 2.75) is 30.3 Å². The Morgan fingerprint density at radius 1 is 1.00 bits per heavy atom. The third kappa shape index (κ3) is 4.52. The third-order valence-corrected chi connectivity index (χ3v) is 7.52. The minimum atomic E-state index is -3.59. The van der Waals surface area contributed by atoms with Crippen molar-refractivity contribution in [3.63, 3.8) is 0 Å². The van der Waals surface area contributed by atoms with E-state index in [0.29, 0.717) is 38.3 Å². The van der Waals surface area contributed by atoms with Crippen LogP contribution < -0.4 is 0 Å². The van der Waals surface area contributed by atoms with Crippen LogP contribution in [0.1, 0.15) is 28.8 Å². The Kier molecular flexibility index (Phi) is 5.72. The van der Waals surface area contributed by atoms with Gasteiger partial charge >= 0.3 is 0 Å². The number of nitrogens with zero attached hydrogens (tertiary/aromatic N) is 3. The Morgan fingerprint density at radius 2 is 1.69 bits per heavy atom. The Morgan fingerprint density at radius 3 is 2.34 bits per heavy atom. The van der Waals surface area contributed by atoms with Crippen LogP contribution in [0, 0.1) is 0 Å². The van der Waals surface area contributed by atoms with Crippen molar-refractivity contribution >= 4 is 15.9 Å². The van der Waals surface area contributed by atoms with E-state index in [4.69, 9.17) is 0 Å². The van der Waals surface area contributed by atoms with Crippen molar-refractivity contribution < 1.29 is 13.2 Å². The van der Waals surface area contributed by atoms with Crippen molar-refractivity contribution in [2.75, 3.05) is 33.2 Å². The number of carbonyl (C=O) groups is 1. The first kappa shape index (κ1) is 20.1. The summed E-state index contributed by atoms with van der Waals surface area (Å²) < 4.78 is 27.6. The van der Waals surface area contributed by atoms with E-state index in [9.17, 15) is 13.2 Å². The lowest BCUT2D eigenvalue weighted by molar-refractivity contribution is 0.0729. The molecular formula is C22H27N3O3S. The molecule has 2 fully saturated rings. The standard InChI is InChI=1S/C22H27N3O3S/c1-23-12-14-24(15-13-23)29(27,28)21-9-5-8-19(16-21)22(26)25(20-10-11-20)17-18-6-3-2-4-7-18/h2-9,16,20H,10-15,17H2,1H3. The molecule has 1 saturated carbocycles. The lowest BCUT2D eigenvalue weighted by Crippen LogP contribution is -2.47. The molecule has 0 N–H and O–H groups in total. The molecule has 0 bridgehead atoms. The zero-order valence-corrected chi connectivity index (χ0v) is 17.5. The number of benzene rings is 2.